The molecule has 0 aliphatic carbocycles. The lowest BCUT2D eigenvalue weighted by Crippen LogP contribution is -2.12. The molecule has 0 spiro atoms. The minimum atomic E-state index is -0.248. The molecule has 0 aromatic heterocycles. The van der Waals surface area contributed by atoms with Crippen LogP contribution in [0.15, 0.2) is 0 Å². The van der Waals surface area contributed by atoms with Crippen molar-refractivity contribution in [3.8, 4) is 0 Å². The van der Waals surface area contributed by atoms with Gasteiger partial charge in [-0.2, -0.15) is 11.8 Å². The number of hydrogen-bond donors (Lipinski definition) is 1. The lowest BCUT2D eigenvalue weighted by Gasteiger charge is -1.81. The van der Waals surface area contributed by atoms with E-state index in [9.17, 15) is 4.79 Å². The fourth-order valence-corrected chi connectivity index (χ4v) is 0.427. The van der Waals surface area contributed by atoms with Gasteiger partial charge in [-0.25, -0.2) is 0 Å². The molecule has 0 rings (SSSR count). The van der Waals surface area contributed by atoms with Crippen LogP contribution in [0.5, 0.6) is 0 Å². The molecule has 0 aromatic carbocycles. The van der Waals surface area contributed by atoms with E-state index in [1.807, 2.05) is 6.26 Å². The molecule has 0 fully saturated rings. The van der Waals surface area contributed by atoms with Gasteiger partial charge < -0.3 is 5.73 Å². The number of nitrogens with two attached hydrogens (primary N) is 1. The largest absolute Gasteiger partial charge is 0.369 e. The number of amides is 1. The van der Waals surface area contributed by atoms with Crippen molar-refractivity contribution in [3.63, 3.8) is 0 Å². The standard InChI is InChI=1S/C3H7NOS/c1-6-2-3(4)5/h2H2,1H3,(H2,4,5). The summed E-state index contributed by atoms with van der Waals surface area (Å²) in [7, 11) is 0. The van der Waals surface area contributed by atoms with Crippen LogP contribution in [0.4, 0.5) is 0 Å². The number of hydrogen-bond acceptors (Lipinski definition) is 2. The van der Waals surface area contributed by atoms with Gasteiger partial charge in [0.1, 0.15) is 0 Å². The third-order valence-electron chi connectivity index (χ3n) is 0.287. The van der Waals surface area contributed by atoms with Gasteiger partial charge in [-0.3, -0.25) is 4.79 Å². The molecule has 0 atom stereocenters. The topological polar surface area (TPSA) is 43.1 Å². The van der Waals surface area contributed by atoms with E-state index in [2.05, 4.69) is 0 Å². The van der Waals surface area contributed by atoms with Crippen molar-refractivity contribution in [1.29, 1.82) is 0 Å². The molecule has 0 radical (unpaired) electrons. The van der Waals surface area contributed by atoms with E-state index in [-0.39, 0.29) is 5.91 Å². The number of primary amides is 1. The molecule has 3 heteroatoms. The molecule has 2 nitrogen and oxygen atoms in total. The van der Waals surface area contributed by atoms with Crippen LogP contribution in [0.3, 0.4) is 0 Å². The van der Waals surface area contributed by atoms with Crippen molar-refractivity contribution in [3.05, 3.63) is 0 Å². The van der Waals surface area contributed by atoms with Gasteiger partial charge in [0.2, 0.25) is 5.91 Å². The number of carbonyl (C=O) groups excluding carboxylic acids is 1. The molecule has 0 saturated carbocycles. The Morgan fingerprint density at radius 1 is 2.00 bits per heavy atom. The SMILES string of the molecule is CSCC(N)=O. The van der Waals surface area contributed by atoms with Crippen molar-refractivity contribution in [2.24, 2.45) is 5.73 Å². The van der Waals surface area contributed by atoms with E-state index in [1.54, 1.807) is 0 Å². The fraction of sp³-hybridized carbons (Fsp3) is 0.667. The zero-order chi connectivity index (χ0) is 4.99. The molecule has 0 heterocycles. The van der Waals surface area contributed by atoms with Crippen LogP contribution in [-0.4, -0.2) is 17.9 Å². The normalized spacial score (nSPS) is 8.17. The maximum Gasteiger partial charge on any atom is 0.227 e. The number of carbonyl (C=O) groups is 1. The number of rotatable bonds is 2. The highest BCUT2D eigenvalue weighted by Crippen LogP contribution is 1.85. The highest BCUT2D eigenvalue weighted by Gasteiger charge is 1.84. The van der Waals surface area contributed by atoms with Crippen LogP contribution < -0.4 is 5.73 Å². The first-order valence-corrected chi connectivity index (χ1v) is 2.94. The van der Waals surface area contributed by atoms with Gasteiger partial charge in [-0.05, 0) is 6.26 Å². The Morgan fingerprint density at radius 3 is 2.50 bits per heavy atom. The predicted octanol–water partition coefficient (Wildman–Crippen LogP) is -0.165. The molecular formula is C3H7NOS. The molecular weight excluding hydrogens is 98.1 g/mol. The van der Waals surface area contributed by atoms with Crippen molar-refractivity contribution < 1.29 is 4.79 Å². The fourth-order valence-electron chi connectivity index (χ4n) is 0.142. The van der Waals surface area contributed by atoms with Crippen LogP contribution in [0.25, 0.3) is 0 Å². The van der Waals surface area contributed by atoms with E-state index < -0.39 is 0 Å². The van der Waals surface area contributed by atoms with Gasteiger partial charge in [0.25, 0.3) is 0 Å². The molecule has 6 heavy (non-hydrogen) atoms. The summed E-state index contributed by atoms with van der Waals surface area (Å²) < 4.78 is 0. The average Bonchev–Trinajstić information content (AvgIpc) is 1.35. The molecule has 36 valence electrons. The molecule has 0 aromatic rings. The van der Waals surface area contributed by atoms with Crippen LogP contribution in [0, 0.1) is 0 Å². The number of thioether (sulfide) groups is 1. The average molecular weight is 105 g/mol. The van der Waals surface area contributed by atoms with Crippen LogP contribution >= 0.6 is 11.8 Å². The Kier molecular flexibility index (Phi) is 2.94. The van der Waals surface area contributed by atoms with E-state index in [1.165, 1.54) is 11.8 Å². The quantitative estimate of drug-likeness (QED) is 0.530. The smallest absolute Gasteiger partial charge is 0.227 e. The van der Waals surface area contributed by atoms with Gasteiger partial charge >= 0.3 is 0 Å². The minimum Gasteiger partial charge on any atom is -0.369 e. The maximum atomic E-state index is 9.80. The van der Waals surface area contributed by atoms with Gasteiger partial charge in [0.05, 0.1) is 5.75 Å². The summed E-state index contributed by atoms with van der Waals surface area (Å²) in [6.45, 7) is 0. The summed E-state index contributed by atoms with van der Waals surface area (Å²) in [5.74, 6) is 0.183. The Morgan fingerprint density at radius 2 is 2.50 bits per heavy atom. The van der Waals surface area contributed by atoms with E-state index in [0.717, 1.165) is 0 Å². The van der Waals surface area contributed by atoms with Crippen molar-refractivity contribution in [2.75, 3.05) is 12.0 Å². The third-order valence-corrected chi connectivity index (χ3v) is 0.860. The third kappa shape index (κ3) is 3.82. The minimum absolute atomic E-state index is 0.248. The van der Waals surface area contributed by atoms with Gasteiger partial charge in [0.15, 0.2) is 0 Å². The molecule has 0 bridgehead atoms. The first-order chi connectivity index (χ1) is 2.77. The molecule has 0 aliphatic rings. The van der Waals surface area contributed by atoms with Crippen molar-refractivity contribution in [2.45, 2.75) is 0 Å². The Hall–Kier alpha value is -0.180. The monoisotopic (exact) mass is 105 g/mol. The zero-order valence-corrected chi connectivity index (χ0v) is 4.42. The highest BCUT2D eigenvalue weighted by atomic mass is 32.2. The summed E-state index contributed by atoms with van der Waals surface area (Å²) in [5, 5.41) is 0. The van der Waals surface area contributed by atoms with Gasteiger partial charge in [0, 0.05) is 0 Å². The summed E-state index contributed by atoms with van der Waals surface area (Å²) in [5.41, 5.74) is 4.74. The Bertz CT molecular complexity index is 54.8. The molecule has 1 amide bonds. The molecule has 2 N–H and O–H groups in total. The summed E-state index contributed by atoms with van der Waals surface area (Å²) in [4.78, 5) is 9.80. The Labute approximate surface area is 41.1 Å². The second-order valence-corrected chi connectivity index (χ2v) is 1.77. The lowest BCUT2D eigenvalue weighted by molar-refractivity contribution is -0.115. The van der Waals surface area contributed by atoms with E-state index >= 15 is 0 Å². The first kappa shape index (κ1) is 5.82. The van der Waals surface area contributed by atoms with E-state index in [0.29, 0.717) is 5.75 Å². The van der Waals surface area contributed by atoms with Crippen LogP contribution in [0.1, 0.15) is 0 Å². The molecule has 0 saturated heterocycles. The highest BCUT2D eigenvalue weighted by molar-refractivity contribution is 7.99. The lowest BCUT2D eigenvalue weighted by atomic mass is 10.8. The van der Waals surface area contributed by atoms with Crippen molar-refractivity contribution in [1.82, 2.24) is 0 Å². The molecule has 0 unspecified atom stereocenters. The van der Waals surface area contributed by atoms with Crippen LogP contribution in [-0.2, 0) is 4.79 Å². The maximum absolute atomic E-state index is 9.80. The zero-order valence-electron chi connectivity index (χ0n) is 3.60. The van der Waals surface area contributed by atoms with E-state index in [4.69, 9.17) is 5.73 Å². The second-order valence-electron chi connectivity index (χ2n) is 0.899. The first-order valence-electron chi connectivity index (χ1n) is 1.54. The summed E-state index contributed by atoms with van der Waals surface area (Å²) in [6, 6.07) is 0. The summed E-state index contributed by atoms with van der Waals surface area (Å²) >= 11 is 1.44. The van der Waals surface area contributed by atoms with Crippen molar-refractivity contribution >= 4 is 17.7 Å². The molecule has 0 aliphatic heterocycles. The second kappa shape index (κ2) is 3.03. The Balaban J connectivity index is 2.83. The van der Waals surface area contributed by atoms with Gasteiger partial charge in [-0.15, -0.1) is 0 Å². The predicted molar refractivity (Wildman–Crippen MR) is 27.6 cm³/mol. The van der Waals surface area contributed by atoms with Gasteiger partial charge in [-0.1, -0.05) is 0 Å². The summed E-state index contributed by atoms with van der Waals surface area (Å²) in [6.07, 6.45) is 1.84. The van der Waals surface area contributed by atoms with Crippen LogP contribution in [0.2, 0.25) is 0 Å².